The maximum absolute atomic E-state index is 9.51. The second kappa shape index (κ2) is 6.75. The second-order valence-electron chi connectivity index (χ2n) is 5.35. The lowest BCUT2D eigenvalue weighted by molar-refractivity contribution is 0.507. The first kappa shape index (κ1) is 16.7. The average Bonchev–Trinajstić information content (AvgIpc) is 3.27. The number of rotatable bonds is 2. The Kier molecular flexibility index (Phi) is 4.50. The Bertz CT molecular complexity index is 1010. The van der Waals surface area contributed by atoms with Crippen LogP contribution in [-0.4, -0.2) is 17.5 Å². The molecule has 0 saturated carbocycles. The smallest absolute Gasteiger partial charge is 0.142 e. The van der Waals surface area contributed by atoms with Gasteiger partial charge >= 0.3 is 0 Å². The lowest BCUT2D eigenvalue weighted by Crippen LogP contribution is -2.17. The molecule has 10 heteroatoms. The highest BCUT2D eigenvalue weighted by Crippen LogP contribution is 2.47. The Hall–Kier alpha value is -3.18. The number of nitriles is 4. The lowest BCUT2D eigenvalue weighted by Gasteiger charge is -2.20. The van der Waals surface area contributed by atoms with E-state index < -0.39 is 11.8 Å². The van der Waals surface area contributed by atoms with Crippen LogP contribution >= 0.6 is 23.5 Å². The van der Waals surface area contributed by atoms with Crippen LogP contribution in [0, 0.1) is 51.2 Å². The van der Waals surface area contributed by atoms with Crippen molar-refractivity contribution in [2.24, 2.45) is 5.92 Å². The first-order chi connectivity index (χ1) is 12.2. The summed E-state index contributed by atoms with van der Waals surface area (Å²) in [6.07, 6.45) is -0.0985. The molecule has 0 saturated heterocycles. The largest absolute Gasteiger partial charge is 0.198 e. The Labute approximate surface area is 151 Å². The van der Waals surface area contributed by atoms with E-state index in [-0.39, 0.29) is 17.9 Å². The van der Waals surface area contributed by atoms with E-state index in [1.807, 2.05) is 31.2 Å². The molecule has 2 heterocycles. The summed E-state index contributed by atoms with van der Waals surface area (Å²) < 4.78 is 17.2. The first-order valence-corrected chi connectivity index (χ1v) is 8.59. The van der Waals surface area contributed by atoms with Crippen molar-refractivity contribution in [3.05, 3.63) is 28.3 Å². The summed E-state index contributed by atoms with van der Waals surface area (Å²) in [6, 6.07) is 8.05. The van der Waals surface area contributed by atoms with Gasteiger partial charge in [-0.3, -0.25) is 0 Å². The topological polar surface area (TPSA) is 147 Å². The molecular weight excluding hydrogens is 356 g/mol. The fourth-order valence-corrected chi connectivity index (χ4v) is 4.21. The third-order valence-corrected chi connectivity index (χ3v) is 5.20. The van der Waals surface area contributed by atoms with Crippen LogP contribution in [0.25, 0.3) is 5.57 Å². The molecule has 0 bridgehead atoms. The number of nitrogens with zero attached hydrogens (tertiary/aromatic N) is 8. The summed E-state index contributed by atoms with van der Waals surface area (Å²) >= 11 is 1.93. The molecule has 3 rings (SSSR count). The molecule has 120 valence electrons. The zero-order valence-corrected chi connectivity index (χ0v) is 14.5. The minimum atomic E-state index is -0.937. The van der Waals surface area contributed by atoms with Crippen molar-refractivity contribution in [3.63, 3.8) is 0 Å². The lowest BCUT2D eigenvalue weighted by atomic mass is 9.80. The van der Waals surface area contributed by atoms with Gasteiger partial charge in [0.25, 0.3) is 0 Å². The van der Waals surface area contributed by atoms with Crippen LogP contribution < -0.4 is 0 Å². The van der Waals surface area contributed by atoms with Crippen LogP contribution in [0.15, 0.2) is 5.57 Å². The van der Waals surface area contributed by atoms with Gasteiger partial charge in [0.15, 0.2) is 0 Å². The fraction of sp³-hybridized carbons (Fsp3) is 0.333. The minimum absolute atomic E-state index is 0.0985. The van der Waals surface area contributed by atoms with Crippen LogP contribution in [0.1, 0.15) is 48.0 Å². The van der Waals surface area contributed by atoms with Crippen molar-refractivity contribution in [3.8, 4) is 24.3 Å². The number of hydrogen-bond acceptors (Lipinski definition) is 10. The first-order valence-electron chi connectivity index (χ1n) is 7.12. The standard InChI is InChI=1S/C15H8N8S2/c1-7-10(9(5-18)6-19)13-15(23-25-21-13)11(8(4-17)2-3-16)14-12(7)20-24-22-14/h7,9-10H,2H2,1H3/b11-8-. The molecule has 2 aromatic heterocycles. The molecule has 8 nitrogen and oxygen atoms in total. The number of fused-ring (bicyclic) bond motifs is 2. The van der Waals surface area contributed by atoms with Crippen molar-refractivity contribution < 1.29 is 0 Å². The van der Waals surface area contributed by atoms with Gasteiger partial charge in [-0.1, -0.05) is 6.92 Å². The van der Waals surface area contributed by atoms with Gasteiger partial charge in [0.1, 0.15) is 17.3 Å². The zero-order valence-electron chi connectivity index (χ0n) is 12.8. The summed E-state index contributed by atoms with van der Waals surface area (Å²) in [5.74, 6) is -1.78. The third kappa shape index (κ3) is 2.55. The third-order valence-electron chi connectivity index (χ3n) is 4.12. The summed E-state index contributed by atoms with van der Waals surface area (Å²) in [5.41, 5.74) is 2.63. The molecule has 0 spiro atoms. The van der Waals surface area contributed by atoms with Crippen LogP contribution in [0.2, 0.25) is 0 Å². The van der Waals surface area contributed by atoms with Crippen molar-refractivity contribution in [1.82, 2.24) is 17.5 Å². The molecule has 25 heavy (non-hydrogen) atoms. The van der Waals surface area contributed by atoms with Gasteiger partial charge in [-0.2, -0.15) is 38.5 Å². The Morgan fingerprint density at radius 3 is 2.16 bits per heavy atom. The van der Waals surface area contributed by atoms with Crippen molar-refractivity contribution in [2.75, 3.05) is 0 Å². The summed E-state index contributed by atoms with van der Waals surface area (Å²) in [7, 11) is 0. The molecular formula is C15H8N8S2. The Morgan fingerprint density at radius 1 is 1.00 bits per heavy atom. The van der Waals surface area contributed by atoms with Crippen LogP contribution in [0.3, 0.4) is 0 Å². The van der Waals surface area contributed by atoms with E-state index in [4.69, 9.17) is 5.26 Å². The van der Waals surface area contributed by atoms with Gasteiger partial charge in [0.05, 0.1) is 71.1 Å². The monoisotopic (exact) mass is 364 g/mol. The SMILES string of the molecule is CC1c2nsnc2/C(=C(/C#N)CC#N)c2nsnc2C1C(C#N)C#N. The van der Waals surface area contributed by atoms with Crippen LogP contribution in [0.5, 0.6) is 0 Å². The fourth-order valence-electron chi connectivity index (χ4n) is 2.96. The second-order valence-corrected chi connectivity index (χ2v) is 6.40. The molecule has 0 amide bonds. The van der Waals surface area contributed by atoms with Crippen LogP contribution in [-0.2, 0) is 0 Å². The molecule has 2 aromatic rings. The summed E-state index contributed by atoms with van der Waals surface area (Å²) in [6.45, 7) is 1.86. The number of allylic oxidation sites excluding steroid dienone is 1. The van der Waals surface area contributed by atoms with E-state index >= 15 is 0 Å². The van der Waals surface area contributed by atoms with E-state index in [0.717, 1.165) is 23.5 Å². The highest BCUT2D eigenvalue weighted by atomic mass is 32.1. The average molecular weight is 364 g/mol. The zero-order chi connectivity index (χ0) is 18.0. The predicted molar refractivity (Wildman–Crippen MR) is 87.6 cm³/mol. The summed E-state index contributed by atoms with van der Waals surface area (Å²) in [4.78, 5) is 0. The molecule has 0 N–H and O–H groups in total. The highest BCUT2D eigenvalue weighted by Gasteiger charge is 2.41. The normalized spacial score (nSPS) is 20.2. The Morgan fingerprint density at radius 2 is 1.60 bits per heavy atom. The molecule has 1 aliphatic carbocycles. The molecule has 0 aromatic carbocycles. The van der Waals surface area contributed by atoms with Gasteiger partial charge in [-0.15, -0.1) is 0 Å². The van der Waals surface area contributed by atoms with Gasteiger partial charge in [0, 0.05) is 17.4 Å². The van der Waals surface area contributed by atoms with Crippen molar-refractivity contribution in [2.45, 2.75) is 25.2 Å². The van der Waals surface area contributed by atoms with E-state index in [1.165, 1.54) is 0 Å². The predicted octanol–water partition coefficient (Wildman–Crippen LogP) is 2.49. The van der Waals surface area contributed by atoms with Gasteiger partial charge < -0.3 is 0 Å². The number of hydrogen-bond donors (Lipinski definition) is 0. The quantitative estimate of drug-likeness (QED) is 0.738. The maximum Gasteiger partial charge on any atom is 0.142 e. The molecule has 0 radical (unpaired) electrons. The van der Waals surface area contributed by atoms with Gasteiger partial charge in [0.2, 0.25) is 0 Å². The number of aromatic nitrogens is 4. The molecule has 2 unspecified atom stereocenters. The van der Waals surface area contributed by atoms with Gasteiger partial charge in [-0.25, -0.2) is 0 Å². The molecule has 0 aliphatic heterocycles. The molecule has 1 aliphatic rings. The summed E-state index contributed by atoms with van der Waals surface area (Å²) in [5, 5.41) is 37.3. The van der Waals surface area contributed by atoms with E-state index in [0.29, 0.717) is 28.3 Å². The highest BCUT2D eigenvalue weighted by molar-refractivity contribution is 6.99. The van der Waals surface area contributed by atoms with E-state index in [1.54, 1.807) is 0 Å². The van der Waals surface area contributed by atoms with Crippen LogP contribution in [0.4, 0.5) is 0 Å². The molecule has 0 fully saturated rings. The van der Waals surface area contributed by atoms with Crippen molar-refractivity contribution in [1.29, 1.82) is 21.0 Å². The van der Waals surface area contributed by atoms with Gasteiger partial charge in [-0.05, 0) is 0 Å². The molecule has 2 atom stereocenters. The maximum atomic E-state index is 9.51. The van der Waals surface area contributed by atoms with Crippen molar-refractivity contribution >= 4 is 29.0 Å². The minimum Gasteiger partial charge on any atom is -0.198 e. The van der Waals surface area contributed by atoms with E-state index in [9.17, 15) is 15.8 Å². The Balaban J connectivity index is 2.39. The van der Waals surface area contributed by atoms with E-state index in [2.05, 4.69) is 17.5 Å².